The van der Waals surface area contributed by atoms with E-state index in [1.54, 1.807) is 12.4 Å². The van der Waals surface area contributed by atoms with Crippen molar-refractivity contribution in [1.82, 2.24) is 9.88 Å². The lowest BCUT2D eigenvalue weighted by atomic mass is 9.97. The molecular formula is C16H22N2O3. The van der Waals surface area contributed by atoms with Gasteiger partial charge in [-0.2, -0.15) is 0 Å². The van der Waals surface area contributed by atoms with Crippen molar-refractivity contribution in [2.75, 3.05) is 19.8 Å². The predicted octanol–water partition coefficient (Wildman–Crippen LogP) is 1.01. The molecule has 2 atom stereocenters. The van der Waals surface area contributed by atoms with Crippen molar-refractivity contribution in [2.45, 2.75) is 37.8 Å². The molecule has 1 aromatic rings. The van der Waals surface area contributed by atoms with E-state index in [0.717, 1.165) is 18.4 Å². The van der Waals surface area contributed by atoms with Crippen LogP contribution in [0.1, 0.15) is 24.8 Å². The van der Waals surface area contributed by atoms with E-state index in [1.807, 2.05) is 17.0 Å². The van der Waals surface area contributed by atoms with E-state index in [2.05, 4.69) is 4.98 Å². The van der Waals surface area contributed by atoms with Crippen LogP contribution in [0, 0.1) is 5.92 Å². The van der Waals surface area contributed by atoms with Crippen LogP contribution in [-0.4, -0.2) is 52.8 Å². The summed E-state index contributed by atoms with van der Waals surface area (Å²) in [5, 5.41) is 10.2. The van der Waals surface area contributed by atoms with Gasteiger partial charge in [0.1, 0.15) is 0 Å². The third-order valence-corrected chi connectivity index (χ3v) is 4.56. The maximum Gasteiger partial charge on any atom is 0.226 e. The average Bonchev–Trinajstić information content (AvgIpc) is 2.90. The van der Waals surface area contributed by atoms with Gasteiger partial charge in [-0.05, 0) is 43.4 Å². The minimum absolute atomic E-state index is 0.0593. The summed E-state index contributed by atoms with van der Waals surface area (Å²) in [4.78, 5) is 18.6. The van der Waals surface area contributed by atoms with E-state index < -0.39 is 6.10 Å². The molecule has 1 N–H and O–H groups in total. The Morgan fingerprint density at radius 2 is 2.00 bits per heavy atom. The second-order valence-electron chi connectivity index (χ2n) is 5.90. The second-order valence-corrected chi connectivity index (χ2v) is 5.90. The van der Waals surface area contributed by atoms with Crippen LogP contribution >= 0.6 is 0 Å². The van der Waals surface area contributed by atoms with Crippen molar-refractivity contribution in [2.24, 2.45) is 5.92 Å². The summed E-state index contributed by atoms with van der Waals surface area (Å²) in [7, 11) is 0. The van der Waals surface area contributed by atoms with Gasteiger partial charge in [-0.25, -0.2) is 0 Å². The molecule has 0 saturated carbocycles. The van der Waals surface area contributed by atoms with Gasteiger partial charge in [-0.3, -0.25) is 9.78 Å². The Labute approximate surface area is 124 Å². The van der Waals surface area contributed by atoms with Gasteiger partial charge in [0.15, 0.2) is 0 Å². The molecule has 21 heavy (non-hydrogen) atoms. The minimum atomic E-state index is -0.429. The van der Waals surface area contributed by atoms with Crippen LogP contribution in [0.4, 0.5) is 0 Å². The number of aromatic nitrogens is 1. The quantitative estimate of drug-likeness (QED) is 0.902. The van der Waals surface area contributed by atoms with E-state index in [0.29, 0.717) is 32.6 Å². The number of hydrogen-bond donors (Lipinski definition) is 1. The topological polar surface area (TPSA) is 62.7 Å². The van der Waals surface area contributed by atoms with E-state index in [9.17, 15) is 9.90 Å². The molecule has 2 fully saturated rings. The van der Waals surface area contributed by atoms with Crippen LogP contribution in [0.2, 0.25) is 0 Å². The van der Waals surface area contributed by atoms with Crippen LogP contribution in [0.3, 0.4) is 0 Å². The number of carbonyl (C=O) groups is 1. The zero-order chi connectivity index (χ0) is 14.7. The Morgan fingerprint density at radius 1 is 1.29 bits per heavy atom. The van der Waals surface area contributed by atoms with Gasteiger partial charge in [0.05, 0.1) is 12.1 Å². The number of carbonyl (C=O) groups excluding carboxylic acids is 1. The molecule has 0 radical (unpaired) electrons. The number of likely N-dealkylation sites (tertiary alicyclic amines) is 1. The molecule has 5 nitrogen and oxygen atoms in total. The Balaban J connectivity index is 1.69. The van der Waals surface area contributed by atoms with Crippen LogP contribution in [0.5, 0.6) is 0 Å². The van der Waals surface area contributed by atoms with E-state index >= 15 is 0 Å². The van der Waals surface area contributed by atoms with E-state index in [-0.39, 0.29) is 17.9 Å². The van der Waals surface area contributed by atoms with Crippen molar-refractivity contribution in [3.8, 4) is 0 Å². The Morgan fingerprint density at radius 3 is 2.71 bits per heavy atom. The summed E-state index contributed by atoms with van der Waals surface area (Å²) in [6.07, 6.45) is 6.04. The maximum absolute atomic E-state index is 12.7. The van der Waals surface area contributed by atoms with Crippen molar-refractivity contribution in [3.63, 3.8) is 0 Å². The van der Waals surface area contributed by atoms with Gasteiger partial charge in [0, 0.05) is 38.1 Å². The van der Waals surface area contributed by atoms with Crippen molar-refractivity contribution in [1.29, 1.82) is 0 Å². The summed E-state index contributed by atoms with van der Waals surface area (Å²) in [6, 6.07) is 3.78. The lowest BCUT2D eigenvalue weighted by Crippen LogP contribution is -2.45. The predicted molar refractivity (Wildman–Crippen MR) is 77.6 cm³/mol. The molecule has 114 valence electrons. The Bertz CT molecular complexity index is 474. The fourth-order valence-electron chi connectivity index (χ4n) is 3.30. The molecule has 5 heteroatoms. The molecule has 0 aromatic carbocycles. The van der Waals surface area contributed by atoms with Gasteiger partial charge in [0.2, 0.25) is 5.91 Å². The van der Waals surface area contributed by atoms with Crippen LogP contribution in [0.25, 0.3) is 0 Å². The largest absolute Gasteiger partial charge is 0.391 e. The van der Waals surface area contributed by atoms with Crippen molar-refractivity contribution < 1.29 is 14.6 Å². The van der Waals surface area contributed by atoms with Crippen LogP contribution in [-0.2, 0) is 16.0 Å². The van der Waals surface area contributed by atoms with Gasteiger partial charge < -0.3 is 14.7 Å². The van der Waals surface area contributed by atoms with Gasteiger partial charge in [-0.1, -0.05) is 0 Å². The first-order valence-electron chi connectivity index (χ1n) is 7.71. The highest BCUT2D eigenvalue weighted by Gasteiger charge is 2.38. The first-order valence-corrected chi connectivity index (χ1v) is 7.71. The summed E-state index contributed by atoms with van der Waals surface area (Å²) in [5.41, 5.74) is 1.11. The minimum Gasteiger partial charge on any atom is -0.391 e. The first-order chi connectivity index (χ1) is 10.3. The number of ether oxygens (including phenoxy) is 1. The first kappa shape index (κ1) is 14.5. The van der Waals surface area contributed by atoms with Crippen LogP contribution < -0.4 is 0 Å². The van der Waals surface area contributed by atoms with Gasteiger partial charge >= 0.3 is 0 Å². The molecule has 2 aliphatic heterocycles. The molecule has 1 aromatic heterocycles. The molecule has 2 aliphatic rings. The van der Waals surface area contributed by atoms with Crippen molar-refractivity contribution in [3.05, 3.63) is 30.1 Å². The van der Waals surface area contributed by atoms with Gasteiger partial charge in [-0.15, -0.1) is 0 Å². The lowest BCUT2D eigenvalue weighted by Gasteiger charge is -2.31. The standard InChI is InChI=1S/C16H22N2O3/c19-15-3-8-18(16(20)13-4-9-21-10-5-13)14(15)11-12-1-6-17-7-2-12/h1-2,6-7,13-15,19H,3-5,8-11H2/t14-,15+/m0/s1. The average molecular weight is 290 g/mol. The second kappa shape index (κ2) is 6.54. The monoisotopic (exact) mass is 290 g/mol. The summed E-state index contributed by atoms with van der Waals surface area (Å²) in [5.74, 6) is 0.248. The zero-order valence-electron chi connectivity index (χ0n) is 12.1. The third-order valence-electron chi connectivity index (χ3n) is 4.56. The SMILES string of the molecule is O=C(C1CCOCC1)N1CC[C@@H](O)[C@@H]1Cc1ccncc1. The zero-order valence-corrected chi connectivity index (χ0v) is 12.1. The third kappa shape index (κ3) is 3.24. The summed E-state index contributed by atoms with van der Waals surface area (Å²) in [6.45, 7) is 2.00. The smallest absolute Gasteiger partial charge is 0.226 e. The van der Waals surface area contributed by atoms with Crippen LogP contribution in [0.15, 0.2) is 24.5 Å². The number of pyridine rings is 1. The number of rotatable bonds is 3. The number of nitrogens with zero attached hydrogens (tertiary/aromatic N) is 2. The highest BCUT2D eigenvalue weighted by atomic mass is 16.5. The number of hydrogen-bond acceptors (Lipinski definition) is 4. The summed E-state index contributed by atoms with van der Waals surface area (Å²) >= 11 is 0. The summed E-state index contributed by atoms with van der Waals surface area (Å²) < 4.78 is 5.33. The molecule has 0 aliphatic carbocycles. The highest BCUT2D eigenvalue weighted by molar-refractivity contribution is 5.79. The highest BCUT2D eigenvalue weighted by Crippen LogP contribution is 2.26. The molecule has 3 heterocycles. The Kier molecular flexibility index (Phi) is 4.51. The van der Waals surface area contributed by atoms with E-state index in [1.165, 1.54) is 0 Å². The molecule has 1 amide bonds. The van der Waals surface area contributed by atoms with Gasteiger partial charge in [0.25, 0.3) is 0 Å². The fourth-order valence-corrected chi connectivity index (χ4v) is 3.30. The normalized spacial score (nSPS) is 27.0. The maximum atomic E-state index is 12.7. The Hall–Kier alpha value is -1.46. The number of aliphatic hydroxyl groups excluding tert-OH is 1. The molecule has 0 bridgehead atoms. The number of amides is 1. The lowest BCUT2D eigenvalue weighted by molar-refractivity contribution is -0.140. The van der Waals surface area contributed by atoms with E-state index in [4.69, 9.17) is 4.74 Å². The molecule has 3 rings (SSSR count). The molecule has 0 spiro atoms. The fraction of sp³-hybridized carbons (Fsp3) is 0.625. The molecular weight excluding hydrogens is 268 g/mol. The number of aliphatic hydroxyl groups is 1. The molecule has 0 unspecified atom stereocenters. The van der Waals surface area contributed by atoms with Crippen molar-refractivity contribution >= 4 is 5.91 Å². The molecule has 2 saturated heterocycles.